The molecule has 3 heterocycles. The topological polar surface area (TPSA) is 42.1 Å². The summed E-state index contributed by atoms with van der Waals surface area (Å²) in [7, 11) is 0. The molecule has 0 aromatic carbocycles. The molecule has 0 radical (unpaired) electrons. The molecule has 96 valence electrons. The first kappa shape index (κ1) is 11.7. The Kier molecular flexibility index (Phi) is 3.05. The molecule has 2 aromatic rings. The van der Waals surface area contributed by atoms with Gasteiger partial charge in [-0.05, 0) is 13.8 Å². The van der Waals surface area contributed by atoms with Crippen LogP contribution in [0.3, 0.4) is 0 Å². The quantitative estimate of drug-likeness (QED) is 0.775. The Hall–Kier alpha value is -1.40. The van der Waals surface area contributed by atoms with Gasteiger partial charge in [0.1, 0.15) is 0 Å². The molecule has 1 saturated heterocycles. The van der Waals surface area contributed by atoms with Gasteiger partial charge in [0.05, 0.1) is 43.9 Å². The minimum atomic E-state index is 0.760. The number of aryl methyl sites for hydroxylation is 2. The third-order valence-electron chi connectivity index (χ3n) is 3.08. The Balaban J connectivity index is 1.91. The van der Waals surface area contributed by atoms with Gasteiger partial charge < -0.3 is 4.74 Å². The maximum Gasteiger partial charge on any atom is 0.194 e. The molecule has 18 heavy (non-hydrogen) atoms. The number of rotatable bonds is 2. The van der Waals surface area contributed by atoms with Crippen LogP contribution in [0.1, 0.15) is 17.1 Å². The summed E-state index contributed by atoms with van der Waals surface area (Å²) in [4.78, 5) is 5.58. The fourth-order valence-corrected chi connectivity index (χ4v) is 3.00. The molecule has 2 aromatic heterocycles. The van der Waals surface area contributed by atoms with Crippen LogP contribution in [0.15, 0.2) is 10.5 Å². The second-order valence-electron chi connectivity index (χ2n) is 4.39. The number of imidazole rings is 1. The number of thiazole rings is 1. The fourth-order valence-electron chi connectivity index (χ4n) is 2.08. The third-order valence-corrected chi connectivity index (χ3v) is 4.03. The maximum atomic E-state index is 5.31. The molecular weight excluding hydrogens is 248 g/mol. The SMILES string of the molecule is Cc1nc2scc(C)n2c1C=NN1CCOCC1. The molecule has 0 unspecified atom stereocenters. The van der Waals surface area contributed by atoms with Gasteiger partial charge in [-0.3, -0.25) is 9.41 Å². The lowest BCUT2D eigenvalue weighted by Crippen LogP contribution is -2.32. The highest BCUT2D eigenvalue weighted by Crippen LogP contribution is 2.19. The van der Waals surface area contributed by atoms with E-state index in [0.29, 0.717) is 0 Å². The number of hydrogen-bond donors (Lipinski definition) is 0. The van der Waals surface area contributed by atoms with E-state index in [1.54, 1.807) is 11.3 Å². The third kappa shape index (κ3) is 2.02. The molecule has 6 heteroatoms. The zero-order valence-corrected chi connectivity index (χ0v) is 11.4. The van der Waals surface area contributed by atoms with Crippen molar-refractivity contribution in [3.8, 4) is 0 Å². The van der Waals surface area contributed by atoms with Gasteiger partial charge in [0, 0.05) is 11.1 Å². The number of morpholine rings is 1. The number of nitrogens with zero attached hydrogens (tertiary/aromatic N) is 4. The van der Waals surface area contributed by atoms with Gasteiger partial charge in [-0.1, -0.05) is 0 Å². The molecule has 0 saturated carbocycles. The first-order valence-corrected chi connectivity index (χ1v) is 6.93. The Morgan fingerprint density at radius 2 is 2.17 bits per heavy atom. The van der Waals surface area contributed by atoms with Crippen molar-refractivity contribution in [1.82, 2.24) is 14.4 Å². The molecule has 1 aliphatic rings. The maximum absolute atomic E-state index is 5.31. The first-order valence-electron chi connectivity index (χ1n) is 6.05. The van der Waals surface area contributed by atoms with Crippen molar-refractivity contribution in [3.63, 3.8) is 0 Å². The summed E-state index contributed by atoms with van der Waals surface area (Å²) in [6, 6.07) is 0. The molecule has 0 amide bonds. The number of ether oxygens (including phenoxy) is 1. The van der Waals surface area contributed by atoms with Crippen LogP contribution in [-0.2, 0) is 4.74 Å². The van der Waals surface area contributed by atoms with E-state index in [9.17, 15) is 0 Å². The monoisotopic (exact) mass is 264 g/mol. The number of fused-ring (bicyclic) bond motifs is 1. The normalized spacial score (nSPS) is 17.1. The van der Waals surface area contributed by atoms with Crippen LogP contribution in [0, 0.1) is 13.8 Å². The minimum absolute atomic E-state index is 0.760. The van der Waals surface area contributed by atoms with Gasteiger partial charge in [0.25, 0.3) is 0 Å². The number of hydrogen-bond acceptors (Lipinski definition) is 5. The van der Waals surface area contributed by atoms with Crippen molar-refractivity contribution < 1.29 is 4.74 Å². The van der Waals surface area contributed by atoms with Gasteiger partial charge >= 0.3 is 0 Å². The molecule has 0 atom stereocenters. The lowest BCUT2D eigenvalue weighted by atomic mass is 10.3. The van der Waals surface area contributed by atoms with Crippen LogP contribution in [0.4, 0.5) is 0 Å². The van der Waals surface area contributed by atoms with E-state index in [-0.39, 0.29) is 0 Å². The van der Waals surface area contributed by atoms with E-state index >= 15 is 0 Å². The summed E-state index contributed by atoms with van der Waals surface area (Å²) in [5.41, 5.74) is 3.32. The van der Waals surface area contributed by atoms with Gasteiger partial charge in [-0.15, -0.1) is 11.3 Å². The highest BCUT2D eigenvalue weighted by atomic mass is 32.1. The Morgan fingerprint density at radius 3 is 2.94 bits per heavy atom. The van der Waals surface area contributed by atoms with Crippen LogP contribution in [0.5, 0.6) is 0 Å². The summed E-state index contributed by atoms with van der Waals surface area (Å²) >= 11 is 1.67. The molecule has 0 N–H and O–H groups in total. The van der Waals surface area contributed by atoms with Gasteiger partial charge in [0.15, 0.2) is 4.96 Å². The van der Waals surface area contributed by atoms with Gasteiger partial charge in [-0.2, -0.15) is 5.10 Å². The van der Waals surface area contributed by atoms with Gasteiger partial charge in [-0.25, -0.2) is 4.98 Å². The van der Waals surface area contributed by atoms with Crippen molar-refractivity contribution in [2.45, 2.75) is 13.8 Å². The Labute approximate surface area is 110 Å². The number of hydrazone groups is 1. The van der Waals surface area contributed by atoms with Crippen molar-refractivity contribution in [2.75, 3.05) is 26.3 Å². The summed E-state index contributed by atoms with van der Waals surface area (Å²) in [6.45, 7) is 7.36. The molecule has 0 aliphatic carbocycles. The van der Waals surface area contributed by atoms with E-state index in [0.717, 1.165) is 42.7 Å². The zero-order valence-electron chi connectivity index (χ0n) is 10.6. The summed E-state index contributed by atoms with van der Waals surface area (Å²) < 4.78 is 7.46. The smallest absolute Gasteiger partial charge is 0.194 e. The molecule has 3 rings (SSSR count). The lowest BCUT2D eigenvalue weighted by molar-refractivity contribution is 0.0396. The predicted molar refractivity (Wildman–Crippen MR) is 72.5 cm³/mol. The second kappa shape index (κ2) is 4.70. The molecule has 0 bridgehead atoms. The van der Waals surface area contributed by atoms with E-state index in [2.05, 4.69) is 26.8 Å². The summed E-state index contributed by atoms with van der Waals surface area (Å²) in [6.07, 6.45) is 1.92. The highest BCUT2D eigenvalue weighted by Gasteiger charge is 2.11. The van der Waals surface area contributed by atoms with Crippen molar-refractivity contribution in [2.24, 2.45) is 5.10 Å². The lowest BCUT2D eigenvalue weighted by Gasteiger charge is -2.23. The Bertz CT molecular complexity index is 580. The van der Waals surface area contributed by atoms with E-state index in [1.165, 1.54) is 5.69 Å². The molecule has 1 aliphatic heterocycles. The van der Waals surface area contributed by atoms with Crippen molar-refractivity contribution in [1.29, 1.82) is 0 Å². The highest BCUT2D eigenvalue weighted by molar-refractivity contribution is 7.15. The predicted octanol–water partition coefficient (Wildman–Crippen LogP) is 1.68. The standard InChI is InChI=1S/C12H16N4OS/c1-9-8-18-12-14-10(2)11(16(9)12)7-13-15-3-5-17-6-4-15/h7-8H,3-6H2,1-2H3. The number of aromatic nitrogens is 2. The Morgan fingerprint density at radius 1 is 1.39 bits per heavy atom. The summed E-state index contributed by atoms with van der Waals surface area (Å²) in [5.74, 6) is 0. The van der Waals surface area contributed by atoms with E-state index < -0.39 is 0 Å². The van der Waals surface area contributed by atoms with E-state index in [4.69, 9.17) is 4.74 Å². The molecule has 0 spiro atoms. The average molecular weight is 264 g/mol. The van der Waals surface area contributed by atoms with Crippen LogP contribution in [-0.4, -0.2) is 46.9 Å². The van der Waals surface area contributed by atoms with Crippen molar-refractivity contribution >= 4 is 22.5 Å². The van der Waals surface area contributed by atoms with Crippen LogP contribution in [0.25, 0.3) is 4.96 Å². The van der Waals surface area contributed by atoms with Crippen LogP contribution < -0.4 is 0 Å². The average Bonchev–Trinajstić information content (AvgIpc) is 2.88. The zero-order chi connectivity index (χ0) is 12.5. The summed E-state index contributed by atoms with van der Waals surface area (Å²) in [5, 5.41) is 8.69. The largest absolute Gasteiger partial charge is 0.378 e. The van der Waals surface area contributed by atoms with Crippen LogP contribution in [0.2, 0.25) is 0 Å². The van der Waals surface area contributed by atoms with Crippen molar-refractivity contribution in [3.05, 3.63) is 22.5 Å². The first-order chi connectivity index (χ1) is 8.75. The second-order valence-corrected chi connectivity index (χ2v) is 5.22. The van der Waals surface area contributed by atoms with Gasteiger partial charge in [0.2, 0.25) is 0 Å². The molecule has 1 fully saturated rings. The van der Waals surface area contributed by atoms with Crippen LogP contribution >= 0.6 is 11.3 Å². The molecule has 5 nitrogen and oxygen atoms in total. The molecular formula is C12H16N4OS. The fraction of sp³-hybridized carbons (Fsp3) is 0.500. The minimum Gasteiger partial charge on any atom is -0.378 e. The van der Waals surface area contributed by atoms with E-state index in [1.807, 2.05) is 18.1 Å².